The molecule has 0 aromatic heterocycles. The molecule has 0 aliphatic carbocycles. The molecule has 27 heavy (non-hydrogen) atoms. The lowest BCUT2D eigenvalue weighted by molar-refractivity contribution is -0.105. The van der Waals surface area contributed by atoms with E-state index in [-0.39, 0.29) is 5.12 Å². The molecule has 0 aliphatic heterocycles. The molecule has 0 unspecified atom stereocenters. The van der Waals surface area contributed by atoms with E-state index in [4.69, 9.17) is 4.84 Å². The minimum atomic E-state index is -0.560. The van der Waals surface area contributed by atoms with E-state index in [1.54, 1.807) is 24.3 Å². The third-order valence-corrected chi connectivity index (χ3v) is 4.91. The van der Waals surface area contributed by atoms with Gasteiger partial charge in [-0.1, -0.05) is 67.2 Å². The van der Waals surface area contributed by atoms with Gasteiger partial charge in [0, 0.05) is 4.90 Å². The highest BCUT2D eigenvalue weighted by Crippen LogP contribution is 2.21. The quantitative estimate of drug-likeness (QED) is 0.181. The van der Waals surface area contributed by atoms with Crippen LogP contribution in [-0.4, -0.2) is 16.8 Å². The summed E-state index contributed by atoms with van der Waals surface area (Å²) in [4.78, 5) is 30.6. The van der Waals surface area contributed by atoms with Crippen LogP contribution < -0.4 is 0 Å². The van der Waals surface area contributed by atoms with Crippen molar-refractivity contribution in [1.82, 2.24) is 0 Å². The molecule has 2 aromatic carbocycles. The molecule has 0 amide bonds. The average Bonchev–Trinajstić information content (AvgIpc) is 2.69. The molecule has 5 heteroatoms. The molecule has 2 aromatic rings. The molecular weight excluding hydrogens is 358 g/mol. The van der Waals surface area contributed by atoms with Crippen molar-refractivity contribution in [2.45, 2.75) is 50.8 Å². The van der Waals surface area contributed by atoms with Crippen LogP contribution in [0.5, 0.6) is 0 Å². The van der Waals surface area contributed by atoms with Crippen molar-refractivity contribution in [3.63, 3.8) is 0 Å². The maximum Gasteiger partial charge on any atom is 0.365 e. The second-order valence-electron chi connectivity index (χ2n) is 6.30. The Morgan fingerprint density at radius 1 is 0.963 bits per heavy atom. The van der Waals surface area contributed by atoms with Gasteiger partial charge in [-0.15, -0.1) is 0 Å². The largest absolute Gasteiger partial charge is 0.365 e. The van der Waals surface area contributed by atoms with Gasteiger partial charge in [0.2, 0.25) is 5.12 Å². The van der Waals surface area contributed by atoms with E-state index >= 15 is 0 Å². The number of thioether (sulfide) groups is 1. The van der Waals surface area contributed by atoms with Gasteiger partial charge in [0.25, 0.3) is 0 Å². The van der Waals surface area contributed by atoms with Gasteiger partial charge >= 0.3 is 5.97 Å². The van der Waals surface area contributed by atoms with Crippen molar-refractivity contribution in [1.29, 1.82) is 0 Å². The molecule has 0 fully saturated rings. The zero-order valence-electron chi connectivity index (χ0n) is 15.8. The van der Waals surface area contributed by atoms with Crippen molar-refractivity contribution >= 4 is 28.6 Å². The van der Waals surface area contributed by atoms with Gasteiger partial charge in [0.05, 0.1) is 5.56 Å². The number of hydrogen-bond acceptors (Lipinski definition) is 5. The second-order valence-corrected chi connectivity index (χ2v) is 7.34. The van der Waals surface area contributed by atoms with Crippen molar-refractivity contribution in [3.05, 3.63) is 65.7 Å². The molecule has 4 nitrogen and oxygen atoms in total. The summed E-state index contributed by atoms with van der Waals surface area (Å²) in [7, 11) is 0. The van der Waals surface area contributed by atoms with Gasteiger partial charge < -0.3 is 4.84 Å². The molecule has 0 atom stereocenters. The maximum absolute atomic E-state index is 12.7. The highest BCUT2D eigenvalue weighted by molar-refractivity contribution is 8.15. The normalized spacial score (nSPS) is 11.3. The van der Waals surface area contributed by atoms with E-state index in [1.807, 2.05) is 37.3 Å². The first kappa shape index (κ1) is 20.9. The fraction of sp³-hybridized carbons (Fsp3) is 0.318. The zero-order chi connectivity index (χ0) is 19.5. The minimum Gasteiger partial charge on any atom is -0.312 e. The molecular formula is C22H25NO3S. The van der Waals surface area contributed by atoms with Crippen LogP contribution in [0, 0.1) is 6.92 Å². The van der Waals surface area contributed by atoms with Gasteiger partial charge in [-0.3, -0.25) is 4.79 Å². The van der Waals surface area contributed by atoms with E-state index in [9.17, 15) is 9.59 Å². The molecule has 0 aliphatic rings. The number of carbonyl (C=O) groups is 2. The lowest BCUT2D eigenvalue weighted by atomic mass is 10.1. The van der Waals surface area contributed by atoms with Crippen LogP contribution >= 0.6 is 11.8 Å². The number of hydrogen-bond donors (Lipinski definition) is 0. The zero-order valence-corrected chi connectivity index (χ0v) is 16.6. The molecule has 0 spiro atoms. The topological polar surface area (TPSA) is 55.7 Å². The van der Waals surface area contributed by atoms with E-state index < -0.39 is 5.97 Å². The number of oxime groups is 1. The molecule has 0 heterocycles. The van der Waals surface area contributed by atoms with Crippen LogP contribution in [0.4, 0.5) is 0 Å². The van der Waals surface area contributed by atoms with Crippen LogP contribution in [0.2, 0.25) is 0 Å². The number of aryl methyl sites for hydroxylation is 1. The number of nitrogens with zero attached hydrogens (tertiary/aromatic N) is 1. The Labute approximate surface area is 165 Å². The molecule has 142 valence electrons. The highest BCUT2D eigenvalue weighted by Gasteiger charge is 2.16. The standard InChI is InChI=1S/C22H25NO3S/c1-3-4-5-9-12-20(22(25)27-19-15-13-17(2)14-16-19)23-26-21(24)18-10-7-6-8-11-18/h6-8,10-11,13-16H,3-5,9,12H2,1-2H3. The van der Waals surface area contributed by atoms with Crippen LogP contribution in [0.25, 0.3) is 0 Å². The predicted octanol–water partition coefficient (Wildman–Crippen LogP) is 5.80. The number of rotatable bonds is 9. The van der Waals surface area contributed by atoms with Crippen LogP contribution in [-0.2, 0) is 9.63 Å². The van der Waals surface area contributed by atoms with Gasteiger partial charge in [-0.2, -0.15) is 0 Å². The molecule has 0 bridgehead atoms. The third kappa shape index (κ3) is 7.39. The van der Waals surface area contributed by atoms with E-state index in [0.717, 1.165) is 47.9 Å². The van der Waals surface area contributed by atoms with Crippen molar-refractivity contribution < 1.29 is 14.4 Å². The number of benzene rings is 2. The van der Waals surface area contributed by atoms with Gasteiger partial charge in [0.15, 0.2) is 0 Å². The number of unbranched alkanes of at least 4 members (excludes halogenated alkanes) is 3. The highest BCUT2D eigenvalue weighted by atomic mass is 32.2. The Bertz CT molecular complexity index is 770. The van der Waals surface area contributed by atoms with Crippen LogP contribution in [0.1, 0.15) is 54.9 Å². The number of carbonyl (C=O) groups excluding carboxylic acids is 2. The second kappa shape index (κ2) is 11.3. The fourth-order valence-electron chi connectivity index (χ4n) is 2.40. The fourth-order valence-corrected chi connectivity index (χ4v) is 3.14. The van der Waals surface area contributed by atoms with Crippen LogP contribution in [0.3, 0.4) is 0 Å². The SMILES string of the molecule is CCCCCCC(=NOC(=O)c1ccccc1)C(=O)Sc1ccc(C)cc1. The van der Waals surface area contributed by atoms with Crippen molar-refractivity contribution in [3.8, 4) is 0 Å². The molecule has 0 radical (unpaired) electrons. The van der Waals surface area contributed by atoms with Crippen molar-refractivity contribution in [2.75, 3.05) is 0 Å². The summed E-state index contributed by atoms with van der Waals surface area (Å²) in [6, 6.07) is 16.4. The monoisotopic (exact) mass is 383 g/mol. The summed E-state index contributed by atoms with van der Waals surface area (Å²) in [6.07, 6.45) is 4.58. The van der Waals surface area contributed by atoms with Gasteiger partial charge in [-0.05, 0) is 55.8 Å². The first-order valence-electron chi connectivity index (χ1n) is 9.22. The van der Waals surface area contributed by atoms with Gasteiger partial charge in [-0.25, -0.2) is 4.79 Å². The van der Waals surface area contributed by atoms with Crippen molar-refractivity contribution in [2.24, 2.45) is 5.16 Å². The first-order chi connectivity index (χ1) is 13.1. The molecule has 2 rings (SSSR count). The Hall–Kier alpha value is -2.40. The summed E-state index contributed by atoms with van der Waals surface area (Å²) in [5, 5.41) is 3.72. The Morgan fingerprint density at radius 2 is 1.67 bits per heavy atom. The lowest BCUT2D eigenvalue weighted by Crippen LogP contribution is -2.13. The van der Waals surface area contributed by atoms with E-state index in [2.05, 4.69) is 12.1 Å². The van der Waals surface area contributed by atoms with Crippen LogP contribution in [0.15, 0.2) is 64.6 Å². The average molecular weight is 384 g/mol. The minimum absolute atomic E-state index is 0.184. The first-order valence-corrected chi connectivity index (χ1v) is 10.0. The summed E-state index contributed by atoms with van der Waals surface area (Å²) in [5.41, 5.74) is 1.84. The lowest BCUT2D eigenvalue weighted by Gasteiger charge is -2.06. The molecule has 0 N–H and O–H groups in total. The Kier molecular flexibility index (Phi) is 8.78. The molecule has 0 saturated heterocycles. The Morgan fingerprint density at radius 3 is 2.33 bits per heavy atom. The third-order valence-electron chi connectivity index (χ3n) is 3.98. The van der Waals surface area contributed by atoms with E-state index in [1.165, 1.54) is 0 Å². The summed E-state index contributed by atoms with van der Waals surface area (Å²) in [6.45, 7) is 4.13. The van der Waals surface area contributed by atoms with E-state index in [0.29, 0.717) is 17.7 Å². The summed E-state index contributed by atoms with van der Waals surface area (Å²) in [5.74, 6) is -0.560. The smallest absolute Gasteiger partial charge is 0.312 e. The predicted molar refractivity (Wildman–Crippen MR) is 110 cm³/mol. The maximum atomic E-state index is 12.7. The summed E-state index contributed by atoms with van der Waals surface area (Å²) < 4.78 is 0. The Balaban J connectivity index is 2.05. The van der Waals surface area contributed by atoms with Gasteiger partial charge in [0.1, 0.15) is 5.71 Å². The molecule has 0 saturated carbocycles. The summed E-state index contributed by atoms with van der Waals surface area (Å²) >= 11 is 1.11.